The molecule has 2 aliphatic rings. The fraction of sp³-hybridized carbons (Fsp3) is 0.368. The average molecular weight is 340 g/mol. The van der Waals surface area contributed by atoms with Crippen LogP contribution in [0.15, 0.2) is 41.0 Å². The lowest BCUT2D eigenvalue weighted by atomic mass is 9.82. The summed E-state index contributed by atoms with van der Waals surface area (Å²) in [5.41, 5.74) is 7.61. The molecule has 6 heteroatoms. The molecule has 0 saturated heterocycles. The smallest absolute Gasteiger partial charge is 0.338 e. The Morgan fingerprint density at radius 2 is 2.20 bits per heavy atom. The molecular formula is C19H20N2O4. The highest BCUT2D eigenvalue weighted by molar-refractivity contribution is 5.92. The number of esters is 1. The summed E-state index contributed by atoms with van der Waals surface area (Å²) in [6, 6.07) is 7.37. The van der Waals surface area contributed by atoms with E-state index in [0.717, 1.165) is 18.4 Å². The Balaban J connectivity index is 2.11. The number of allylic oxidation sites excluding steroid dienone is 2. The summed E-state index contributed by atoms with van der Waals surface area (Å²) >= 11 is 0. The van der Waals surface area contributed by atoms with E-state index in [-0.39, 0.29) is 35.1 Å². The van der Waals surface area contributed by atoms with E-state index in [9.17, 15) is 15.2 Å². The van der Waals surface area contributed by atoms with E-state index < -0.39 is 11.9 Å². The van der Waals surface area contributed by atoms with Gasteiger partial charge in [0.25, 0.3) is 0 Å². The fourth-order valence-electron chi connectivity index (χ4n) is 3.14. The summed E-state index contributed by atoms with van der Waals surface area (Å²) in [5, 5.41) is 20.1. The monoisotopic (exact) mass is 340 g/mol. The molecule has 6 nitrogen and oxygen atoms in total. The van der Waals surface area contributed by atoms with Crippen LogP contribution in [0.5, 0.6) is 5.75 Å². The van der Waals surface area contributed by atoms with E-state index in [4.69, 9.17) is 15.2 Å². The first-order chi connectivity index (χ1) is 12.0. The number of nitrogens with two attached hydrogens (primary N) is 1. The molecule has 1 aliphatic carbocycles. The van der Waals surface area contributed by atoms with Crippen LogP contribution in [0, 0.1) is 11.3 Å². The van der Waals surface area contributed by atoms with Gasteiger partial charge in [0.05, 0.1) is 18.1 Å². The molecule has 3 rings (SSSR count). The minimum absolute atomic E-state index is 0.0337. The van der Waals surface area contributed by atoms with E-state index in [0.29, 0.717) is 11.5 Å². The first kappa shape index (κ1) is 16.9. The predicted octanol–water partition coefficient (Wildman–Crippen LogP) is 2.91. The van der Waals surface area contributed by atoms with Crippen molar-refractivity contribution in [3.8, 4) is 11.8 Å². The zero-order chi connectivity index (χ0) is 18.1. The van der Waals surface area contributed by atoms with Crippen molar-refractivity contribution in [1.82, 2.24) is 0 Å². The van der Waals surface area contributed by atoms with Gasteiger partial charge in [0, 0.05) is 5.56 Å². The number of hydrogen-bond donors (Lipinski definition) is 2. The van der Waals surface area contributed by atoms with Gasteiger partial charge in [-0.3, -0.25) is 0 Å². The third-order valence-corrected chi connectivity index (χ3v) is 4.52. The van der Waals surface area contributed by atoms with Crippen LogP contribution < -0.4 is 5.73 Å². The molecule has 130 valence electrons. The highest BCUT2D eigenvalue weighted by Crippen LogP contribution is 2.46. The van der Waals surface area contributed by atoms with Crippen LogP contribution in [-0.2, 0) is 14.3 Å². The molecule has 3 N–H and O–H groups in total. The molecule has 1 heterocycles. The molecule has 1 unspecified atom stereocenters. The highest BCUT2D eigenvalue weighted by Gasteiger charge is 2.38. The van der Waals surface area contributed by atoms with Gasteiger partial charge in [-0.15, -0.1) is 0 Å². The Morgan fingerprint density at radius 1 is 1.48 bits per heavy atom. The van der Waals surface area contributed by atoms with Crippen LogP contribution >= 0.6 is 0 Å². The van der Waals surface area contributed by atoms with Crippen LogP contribution in [0.25, 0.3) is 0 Å². The molecule has 1 aliphatic heterocycles. The van der Waals surface area contributed by atoms with Gasteiger partial charge in [0.1, 0.15) is 23.2 Å². The number of ether oxygens (including phenoxy) is 2. The molecule has 1 fully saturated rings. The number of phenols is 1. The summed E-state index contributed by atoms with van der Waals surface area (Å²) in [7, 11) is 0. The summed E-state index contributed by atoms with van der Waals surface area (Å²) in [5.74, 6) is -0.685. The number of nitrogens with zero attached hydrogens (tertiary/aromatic N) is 1. The molecule has 1 aromatic carbocycles. The molecule has 0 spiro atoms. The standard InChI is InChI=1S/C19H20N2O4/c1-3-24-19(23)16-10(2)25-18(21)14(9-20)17(16)13-7-6-12(8-15(13)22)11-4-5-11/h6-8,11,17,22H,3-5,21H2,1-2H3. The average Bonchev–Trinajstić information content (AvgIpc) is 3.39. The molecule has 1 atom stereocenters. The topological polar surface area (TPSA) is 106 Å². The van der Waals surface area contributed by atoms with Gasteiger partial charge in [-0.05, 0) is 44.2 Å². The number of aromatic hydroxyl groups is 1. The molecular weight excluding hydrogens is 320 g/mol. The number of nitriles is 1. The quantitative estimate of drug-likeness (QED) is 0.816. The minimum Gasteiger partial charge on any atom is -0.508 e. The fourth-order valence-corrected chi connectivity index (χ4v) is 3.14. The second-order valence-electron chi connectivity index (χ2n) is 6.21. The van der Waals surface area contributed by atoms with Crippen LogP contribution in [0.1, 0.15) is 49.7 Å². The second kappa shape index (κ2) is 6.52. The number of carbonyl (C=O) groups is 1. The van der Waals surface area contributed by atoms with Crippen molar-refractivity contribution in [1.29, 1.82) is 5.26 Å². The molecule has 0 aromatic heterocycles. The molecule has 1 saturated carbocycles. The third-order valence-electron chi connectivity index (χ3n) is 4.52. The lowest BCUT2D eigenvalue weighted by Crippen LogP contribution is -2.25. The molecule has 0 amide bonds. The zero-order valence-electron chi connectivity index (χ0n) is 14.2. The summed E-state index contributed by atoms with van der Waals surface area (Å²) in [6.45, 7) is 3.48. The Kier molecular flexibility index (Phi) is 4.41. The Bertz CT molecular complexity index is 828. The van der Waals surface area contributed by atoms with E-state index in [1.54, 1.807) is 26.0 Å². The maximum absolute atomic E-state index is 12.4. The normalized spacial score (nSPS) is 20.1. The number of carbonyl (C=O) groups excluding carboxylic acids is 1. The molecule has 0 bridgehead atoms. The second-order valence-corrected chi connectivity index (χ2v) is 6.21. The number of phenolic OH excluding ortho intramolecular Hbond substituents is 1. The number of rotatable bonds is 4. The van der Waals surface area contributed by atoms with E-state index >= 15 is 0 Å². The molecule has 1 aromatic rings. The van der Waals surface area contributed by atoms with Crippen molar-refractivity contribution in [3.05, 3.63) is 52.1 Å². The van der Waals surface area contributed by atoms with Crippen LogP contribution in [0.3, 0.4) is 0 Å². The van der Waals surface area contributed by atoms with Gasteiger partial charge in [-0.25, -0.2) is 4.79 Å². The van der Waals surface area contributed by atoms with Crippen molar-refractivity contribution in [3.63, 3.8) is 0 Å². The van der Waals surface area contributed by atoms with Gasteiger partial charge >= 0.3 is 5.97 Å². The van der Waals surface area contributed by atoms with Crippen LogP contribution in [-0.4, -0.2) is 17.7 Å². The lowest BCUT2D eigenvalue weighted by molar-refractivity contribution is -0.139. The summed E-state index contributed by atoms with van der Waals surface area (Å²) in [6.07, 6.45) is 2.22. The van der Waals surface area contributed by atoms with Crippen molar-refractivity contribution >= 4 is 5.97 Å². The Hall–Kier alpha value is -2.94. The largest absolute Gasteiger partial charge is 0.508 e. The molecule has 0 radical (unpaired) electrons. The number of hydrogen-bond acceptors (Lipinski definition) is 6. The zero-order valence-corrected chi connectivity index (χ0v) is 14.2. The lowest BCUT2D eigenvalue weighted by Gasteiger charge is -2.27. The van der Waals surface area contributed by atoms with Crippen molar-refractivity contribution in [2.24, 2.45) is 5.73 Å². The maximum Gasteiger partial charge on any atom is 0.338 e. The van der Waals surface area contributed by atoms with Crippen molar-refractivity contribution in [2.45, 2.75) is 38.5 Å². The highest BCUT2D eigenvalue weighted by atomic mass is 16.5. The van der Waals surface area contributed by atoms with E-state index in [1.165, 1.54) is 0 Å². The SMILES string of the molecule is CCOC(=O)C1=C(C)OC(N)=C(C#N)C1c1ccc(C2CC2)cc1O. The van der Waals surface area contributed by atoms with E-state index in [1.807, 2.05) is 12.1 Å². The summed E-state index contributed by atoms with van der Waals surface area (Å²) < 4.78 is 10.5. The van der Waals surface area contributed by atoms with Gasteiger partial charge in [0.2, 0.25) is 5.88 Å². The first-order valence-corrected chi connectivity index (χ1v) is 8.26. The predicted molar refractivity (Wildman–Crippen MR) is 90.1 cm³/mol. The first-order valence-electron chi connectivity index (χ1n) is 8.26. The minimum atomic E-state index is -0.814. The third kappa shape index (κ3) is 3.05. The Morgan fingerprint density at radius 3 is 2.76 bits per heavy atom. The van der Waals surface area contributed by atoms with Gasteiger partial charge in [-0.2, -0.15) is 5.26 Å². The van der Waals surface area contributed by atoms with Gasteiger partial charge in [0.15, 0.2) is 0 Å². The van der Waals surface area contributed by atoms with Gasteiger partial charge in [-0.1, -0.05) is 12.1 Å². The summed E-state index contributed by atoms with van der Waals surface area (Å²) in [4.78, 5) is 12.4. The van der Waals surface area contributed by atoms with Crippen molar-refractivity contribution < 1.29 is 19.4 Å². The molecule has 25 heavy (non-hydrogen) atoms. The van der Waals surface area contributed by atoms with Crippen LogP contribution in [0.4, 0.5) is 0 Å². The Labute approximate surface area is 146 Å². The number of benzene rings is 1. The van der Waals surface area contributed by atoms with Crippen LogP contribution in [0.2, 0.25) is 0 Å². The maximum atomic E-state index is 12.4. The van der Waals surface area contributed by atoms with E-state index in [2.05, 4.69) is 0 Å². The van der Waals surface area contributed by atoms with Gasteiger partial charge < -0.3 is 20.3 Å². The van der Waals surface area contributed by atoms with Crippen molar-refractivity contribution in [2.75, 3.05) is 6.61 Å².